The molecule has 24 heavy (non-hydrogen) atoms. The van der Waals surface area contributed by atoms with Crippen LogP contribution in [0.3, 0.4) is 0 Å². The van der Waals surface area contributed by atoms with Crippen molar-refractivity contribution in [2.75, 3.05) is 19.7 Å². The van der Waals surface area contributed by atoms with E-state index < -0.39 is 0 Å². The summed E-state index contributed by atoms with van der Waals surface area (Å²) >= 11 is 0. The zero-order chi connectivity index (χ0) is 16.9. The molecule has 0 aromatic heterocycles. The first-order valence-corrected chi connectivity index (χ1v) is 9.00. The van der Waals surface area contributed by atoms with E-state index in [1.54, 1.807) is 18.2 Å². The van der Waals surface area contributed by atoms with Gasteiger partial charge in [0.2, 0.25) is 5.91 Å². The van der Waals surface area contributed by atoms with E-state index in [0.717, 1.165) is 19.4 Å². The minimum atomic E-state index is -0.258. The molecule has 1 saturated carbocycles. The fourth-order valence-corrected chi connectivity index (χ4v) is 4.00. The number of nitrogens with one attached hydrogen (secondary N) is 1. The average molecular weight is 330 g/mol. The number of carbonyl (C=O) groups is 2. The molecule has 130 valence electrons. The van der Waals surface area contributed by atoms with Crippen LogP contribution in [0.25, 0.3) is 0 Å². The Morgan fingerprint density at radius 1 is 1.21 bits per heavy atom. The number of fused-ring (bicyclic) bond motifs is 1. The van der Waals surface area contributed by atoms with Crippen LogP contribution < -0.4 is 10.1 Å². The Hall–Kier alpha value is -2.04. The summed E-state index contributed by atoms with van der Waals surface area (Å²) in [6.45, 7) is 3.27. The molecule has 2 atom stereocenters. The van der Waals surface area contributed by atoms with Crippen LogP contribution in [0.2, 0.25) is 0 Å². The van der Waals surface area contributed by atoms with Gasteiger partial charge in [-0.2, -0.15) is 0 Å². The Kier molecular flexibility index (Phi) is 5.38. The van der Waals surface area contributed by atoms with Gasteiger partial charge in [0.25, 0.3) is 5.91 Å². The summed E-state index contributed by atoms with van der Waals surface area (Å²) in [6, 6.07) is 7.51. The van der Waals surface area contributed by atoms with Gasteiger partial charge in [-0.05, 0) is 44.2 Å². The van der Waals surface area contributed by atoms with Crippen LogP contribution in [0.4, 0.5) is 0 Å². The zero-order valence-electron chi connectivity index (χ0n) is 14.3. The van der Waals surface area contributed by atoms with E-state index in [-0.39, 0.29) is 18.4 Å². The lowest BCUT2D eigenvalue weighted by Gasteiger charge is -2.31. The van der Waals surface area contributed by atoms with Gasteiger partial charge in [0.15, 0.2) is 0 Å². The van der Waals surface area contributed by atoms with Gasteiger partial charge in [0.1, 0.15) is 5.75 Å². The molecule has 1 heterocycles. The molecule has 5 nitrogen and oxygen atoms in total. The first-order valence-electron chi connectivity index (χ1n) is 9.00. The number of carbonyl (C=O) groups excluding carboxylic acids is 2. The molecule has 1 saturated heterocycles. The molecule has 0 radical (unpaired) electrons. The van der Waals surface area contributed by atoms with Gasteiger partial charge >= 0.3 is 0 Å². The highest BCUT2D eigenvalue weighted by Crippen LogP contribution is 2.36. The number of hydrogen-bond acceptors (Lipinski definition) is 3. The summed E-state index contributed by atoms with van der Waals surface area (Å²) in [5, 5.41) is 2.76. The number of para-hydroxylation sites is 1. The largest absolute Gasteiger partial charge is 0.493 e. The third-order valence-electron chi connectivity index (χ3n) is 5.16. The van der Waals surface area contributed by atoms with Crippen LogP contribution >= 0.6 is 0 Å². The minimum Gasteiger partial charge on any atom is -0.493 e. The Bertz CT molecular complexity index is 602. The standard InChI is InChI=1S/C19H26N2O3/c1-2-24-17-10-6-4-8-15(17)19(23)20-13-18(22)21-12-11-14-7-3-5-9-16(14)21/h4,6,8,10,14,16H,2-3,5,7,9,11-13H2,1H3,(H,20,23). The minimum absolute atomic E-state index is 0.0339. The normalized spacial score (nSPS) is 22.8. The Morgan fingerprint density at radius 2 is 2.00 bits per heavy atom. The van der Waals surface area contributed by atoms with E-state index >= 15 is 0 Å². The lowest BCUT2D eigenvalue weighted by atomic mass is 9.85. The molecular weight excluding hydrogens is 304 g/mol. The lowest BCUT2D eigenvalue weighted by Crippen LogP contribution is -2.44. The molecule has 1 aromatic carbocycles. The van der Waals surface area contributed by atoms with Crippen LogP contribution in [-0.2, 0) is 4.79 Å². The first kappa shape index (κ1) is 16.8. The molecule has 2 fully saturated rings. The van der Waals surface area contributed by atoms with Crippen molar-refractivity contribution in [3.8, 4) is 5.75 Å². The summed E-state index contributed by atoms with van der Waals surface area (Å²) in [5.41, 5.74) is 0.476. The van der Waals surface area contributed by atoms with Crippen molar-refractivity contribution >= 4 is 11.8 Å². The molecule has 0 spiro atoms. The van der Waals surface area contributed by atoms with Gasteiger partial charge in [-0.25, -0.2) is 0 Å². The molecule has 2 amide bonds. The Morgan fingerprint density at radius 3 is 2.83 bits per heavy atom. The van der Waals surface area contributed by atoms with Gasteiger partial charge in [-0.1, -0.05) is 25.0 Å². The average Bonchev–Trinajstić information content (AvgIpc) is 3.04. The summed E-state index contributed by atoms with van der Waals surface area (Å²) < 4.78 is 5.48. The second-order valence-electron chi connectivity index (χ2n) is 6.60. The summed E-state index contributed by atoms with van der Waals surface area (Å²) in [7, 11) is 0. The monoisotopic (exact) mass is 330 g/mol. The number of hydrogen-bond donors (Lipinski definition) is 1. The van der Waals surface area contributed by atoms with Crippen molar-refractivity contribution in [2.45, 2.75) is 45.1 Å². The smallest absolute Gasteiger partial charge is 0.255 e. The van der Waals surface area contributed by atoms with Crippen LogP contribution in [0.5, 0.6) is 5.75 Å². The first-order chi connectivity index (χ1) is 11.7. The predicted octanol–water partition coefficient (Wildman–Crippen LogP) is 2.61. The second-order valence-corrected chi connectivity index (χ2v) is 6.60. The number of rotatable bonds is 5. The van der Waals surface area contributed by atoms with Crippen molar-refractivity contribution in [1.29, 1.82) is 0 Å². The van der Waals surface area contributed by atoms with Crippen molar-refractivity contribution in [3.05, 3.63) is 29.8 Å². The van der Waals surface area contributed by atoms with E-state index in [1.165, 1.54) is 19.3 Å². The SMILES string of the molecule is CCOc1ccccc1C(=O)NCC(=O)N1CCC2CCCCC21. The number of likely N-dealkylation sites (tertiary alicyclic amines) is 1. The number of nitrogens with zero attached hydrogens (tertiary/aromatic N) is 1. The van der Waals surface area contributed by atoms with E-state index in [2.05, 4.69) is 5.32 Å². The van der Waals surface area contributed by atoms with Crippen LogP contribution in [-0.4, -0.2) is 42.5 Å². The number of amides is 2. The highest BCUT2D eigenvalue weighted by Gasteiger charge is 2.37. The highest BCUT2D eigenvalue weighted by molar-refractivity contribution is 5.98. The summed E-state index contributed by atoms with van der Waals surface area (Å²) in [6.07, 6.45) is 5.95. The van der Waals surface area contributed by atoms with Gasteiger partial charge in [-0.3, -0.25) is 9.59 Å². The topological polar surface area (TPSA) is 58.6 Å². The molecular formula is C19H26N2O3. The molecule has 5 heteroatoms. The fraction of sp³-hybridized carbons (Fsp3) is 0.579. The maximum atomic E-state index is 12.5. The molecule has 2 unspecified atom stereocenters. The zero-order valence-corrected chi connectivity index (χ0v) is 14.3. The van der Waals surface area contributed by atoms with Gasteiger partial charge in [0, 0.05) is 12.6 Å². The van der Waals surface area contributed by atoms with Crippen molar-refractivity contribution in [2.24, 2.45) is 5.92 Å². The fourth-order valence-electron chi connectivity index (χ4n) is 4.00. The number of benzene rings is 1. The molecule has 3 rings (SSSR count). The van der Waals surface area contributed by atoms with Crippen LogP contribution in [0, 0.1) is 5.92 Å². The third kappa shape index (κ3) is 3.55. The molecule has 1 aliphatic heterocycles. The van der Waals surface area contributed by atoms with Crippen molar-refractivity contribution in [1.82, 2.24) is 10.2 Å². The van der Waals surface area contributed by atoms with E-state index in [4.69, 9.17) is 4.74 Å². The molecule has 1 aliphatic carbocycles. The van der Waals surface area contributed by atoms with E-state index in [9.17, 15) is 9.59 Å². The Labute approximate surface area is 143 Å². The second kappa shape index (κ2) is 7.69. The van der Waals surface area contributed by atoms with Crippen molar-refractivity contribution < 1.29 is 14.3 Å². The van der Waals surface area contributed by atoms with Crippen molar-refractivity contribution in [3.63, 3.8) is 0 Å². The van der Waals surface area contributed by atoms with Gasteiger partial charge in [-0.15, -0.1) is 0 Å². The van der Waals surface area contributed by atoms with Crippen LogP contribution in [0.1, 0.15) is 49.4 Å². The predicted molar refractivity (Wildman–Crippen MR) is 92.0 cm³/mol. The molecule has 2 aliphatic rings. The van der Waals surface area contributed by atoms with E-state index in [0.29, 0.717) is 29.9 Å². The third-order valence-corrected chi connectivity index (χ3v) is 5.16. The summed E-state index contributed by atoms with van der Waals surface area (Å²) in [5.74, 6) is 0.994. The van der Waals surface area contributed by atoms with Gasteiger partial charge < -0.3 is 15.0 Å². The number of ether oxygens (including phenoxy) is 1. The highest BCUT2D eigenvalue weighted by atomic mass is 16.5. The quantitative estimate of drug-likeness (QED) is 0.903. The maximum Gasteiger partial charge on any atom is 0.255 e. The van der Waals surface area contributed by atoms with Crippen LogP contribution in [0.15, 0.2) is 24.3 Å². The van der Waals surface area contributed by atoms with E-state index in [1.807, 2.05) is 17.9 Å². The molecule has 1 aromatic rings. The maximum absolute atomic E-state index is 12.5. The Balaban J connectivity index is 1.57. The molecule has 1 N–H and O–H groups in total. The lowest BCUT2D eigenvalue weighted by molar-refractivity contribution is -0.131. The molecule has 0 bridgehead atoms. The van der Waals surface area contributed by atoms with Gasteiger partial charge in [0.05, 0.1) is 18.7 Å². The summed E-state index contributed by atoms with van der Waals surface area (Å²) in [4.78, 5) is 26.9.